The topological polar surface area (TPSA) is 49.2 Å². The van der Waals surface area contributed by atoms with Gasteiger partial charge in [0.05, 0.1) is 12.6 Å². The second kappa shape index (κ2) is 6.59. The minimum absolute atomic E-state index is 0.210. The van der Waals surface area contributed by atoms with Gasteiger partial charge in [0.25, 0.3) is 0 Å². The van der Waals surface area contributed by atoms with Gasteiger partial charge >= 0.3 is 0 Å². The van der Waals surface area contributed by atoms with E-state index in [0.717, 1.165) is 29.5 Å². The molecule has 2 heterocycles. The Morgan fingerprint density at radius 1 is 1.17 bits per heavy atom. The van der Waals surface area contributed by atoms with Gasteiger partial charge in [-0.1, -0.05) is 42.5 Å². The third-order valence-corrected chi connectivity index (χ3v) is 5.62. The molecule has 0 saturated carbocycles. The van der Waals surface area contributed by atoms with Gasteiger partial charge in [-0.3, -0.25) is 4.90 Å². The van der Waals surface area contributed by atoms with Crippen molar-refractivity contribution in [2.45, 2.75) is 31.9 Å². The number of hydrogen-bond acceptors (Lipinski definition) is 5. The number of aliphatic hydroxyl groups excluding tert-OH is 1. The van der Waals surface area contributed by atoms with Crippen molar-refractivity contribution < 1.29 is 5.11 Å². The number of hydrogen-bond donors (Lipinski definition) is 1. The lowest BCUT2D eigenvalue weighted by Crippen LogP contribution is -2.42. The molecule has 1 aliphatic rings. The SMILES string of the molecule is Cc1nnc(CN2CCC(c3ccc4ccccc4c3)C(O)C2)s1. The molecule has 4 rings (SSSR count). The summed E-state index contributed by atoms with van der Waals surface area (Å²) in [7, 11) is 0. The van der Waals surface area contributed by atoms with Crippen LogP contribution in [0.5, 0.6) is 0 Å². The summed E-state index contributed by atoms with van der Waals surface area (Å²) >= 11 is 1.64. The van der Waals surface area contributed by atoms with Crippen LogP contribution in [0.3, 0.4) is 0 Å². The Bertz CT molecular complexity index is 847. The van der Waals surface area contributed by atoms with Crippen molar-refractivity contribution >= 4 is 22.1 Å². The molecule has 1 aliphatic heterocycles. The molecule has 0 bridgehead atoms. The van der Waals surface area contributed by atoms with Gasteiger partial charge in [0.2, 0.25) is 0 Å². The van der Waals surface area contributed by atoms with Crippen molar-refractivity contribution in [3.8, 4) is 0 Å². The molecule has 1 fully saturated rings. The zero-order valence-electron chi connectivity index (χ0n) is 13.7. The number of aryl methyl sites for hydroxylation is 1. The zero-order valence-corrected chi connectivity index (χ0v) is 14.5. The van der Waals surface area contributed by atoms with Crippen molar-refractivity contribution in [1.29, 1.82) is 0 Å². The number of β-amino-alcohol motifs (C(OH)–C–C–N with tert-alkyl or cyclic N) is 1. The number of benzene rings is 2. The van der Waals surface area contributed by atoms with E-state index in [4.69, 9.17) is 0 Å². The number of aliphatic hydroxyl groups is 1. The van der Waals surface area contributed by atoms with Gasteiger partial charge < -0.3 is 5.11 Å². The molecule has 124 valence electrons. The molecule has 1 N–H and O–H groups in total. The lowest BCUT2D eigenvalue weighted by atomic mass is 9.86. The van der Waals surface area contributed by atoms with E-state index >= 15 is 0 Å². The molecule has 0 radical (unpaired) electrons. The number of nitrogens with zero attached hydrogens (tertiary/aromatic N) is 3. The number of likely N-dealkylation sites (tertiary alicyclic amines) is 1. The van der Waals surface area contributed by atoms with Crippen molar-refractivity contribution in [1.82, 2.24) is 15.1 Å². The third kappa shape index (κ3) is 3.20. The smallest absolute Gasteiger partial charge is 0.131 e. The first kappa shape index (κ1) is 15.7. The summed E-state index contributed by atoms with van der Waals surface area (Å²) in [6, 6.07) is 14.9. The van der Waals surface area contributed by atoms with Gasteiger partial charge in [0.1, 0.15) is 10.0 Å². The first-order valence-electron chi connectivity index (χ1n) is 8.37. The van der Waals surface area contributed by atoms with E-state index in [0.29, 0.717) is 6.54 Å². The van der Waals surface area contributed by atoms with Crippen LogP contribution < -0.4 is 0 Å². The molecule has 0 spiro atoms. The van der Waals surface area contributed by atoms with Gasteiger partial charge in [0, 0.05) is 12.5 Å². The van der Waals surface area contributed by atoms with Crippen molar-refractivity contribution in [2.24, 2.45) is 0 Å². The lowest BCUT2D eigenvalue weighted by Gasteiger charge is -2.35. The van der Waals surface area contributed by atoms with E-state index in [1.54, 1.807) is 11.3 Å². The second-order valence-corrected chi connectivity index (χ2v) is 7.79. The Labute approximate surface area is 145 Å². The summed E-state index contributed by atoms with van der Waals surface area (Å²) in [4.78, 5) is 2.28. The minimum Gasteiger partial charge on any atom is -0.391 e. The van der Waals surface area contributed by atoms with Crippen LogP contribution in [0.25, 0.3) is 10.8 Å². The molecule has 3 aromatic rings. The Hall–Kier alpha value is -1.82. The van der Waals surface area contributed by atoms with Crippen LogP contribution in [0.1, 0.15) is 27.9 Å². The number of fused-ring (bicyclic) bond motifs is 1. The molecule has 1 aromatic heterocycles. The van der Waals surface area contributed by atoms with E-state index in [-0.39, 0.29) is 12.0 Å². The number of rotatable bonds is 3. The van der Waals surface area contributed by atoms with Gasteiger partial charge in [-0.2, -0.15) is 0 Å². The second-order valence-electron chi connectivity index (χ2n) is 6.52. The normalized spacial score (nSPS) is 22.1. The monoisotopic (exact) mass is 339 g/mol. The molecule has 5 heteroatoms. The van der Waals surface area contributed by atoms with E-state index in [1.165, 1.54) is 16.3 Å². The zero-order chi connectivity index (χ0) is 16.5. The molecule has 2 aromatic carbocycles. The highest BCUT2D eigenvalue weighted by Gasteiger charge is 2.29. The molecule has 0 aliphatic carbocycles. The summed E-state index contributed by atoms with van der Waals surface area (Å²) in [5, 5.41) is 23.5. The Kier molecular flexibility index (Phi) is 4.31. The van der Waals surface area contributed by atoms with E-state index in [1.807, 2.05) is 6.92 Å². The van der Waals surface area contributed by atoms with Gasteiger partial charge in [-0.15, -0.1) is 21.5 Å². The van der Waals surface area contributed by atoms with Gasteiger partial charge in [-0.25, -0.2) is 0 Å². The molecule has 2 atom stereocenters. The number of aromatic nitrogens is 2. The fourth-order valence-corrected chi connectivity index (χ4v) is 4.31. The quantitative estimate of drug-likeness (QED) is 0.795. The predicted octanol–water partition coefficient (Wildman–Crippen LogP) is 3.35. The molecule has 4 nitrogen and oxygen atoms in total. The highest BCUT2D eigenvalue weighted by Crippen LogP contribution is 2.31. The third-order valence-electron chi connectivity index (χ3n) is 4.79. The van der Waals surface area contributed by atoms with E-state index in [2.05, 4.69) is 57.6 Å². The average molecular weight is 339 g/mol. The van der Waals surface area contributed by atoms with Crippen molar-refractivity contribution in [2.75, 3.05) is 13.1 Å². The highest BCUT2D eigenvalue weighted by atomic mass is 32.1. The summed E-state index contributed by atoms with van der Waals surface area (Å²) in [5.74, 6) is 0.210. The lowest BCUT2D eigenvalue weighted by molar-refractivity contribution is 0.0476. The van der Waals surface area contributed by atoms with Crippen LogP contribution in [0.15, 0.2) is 42.5 Å². The molecule has 1 saturated heterocycles. The van der Waals surface area contributed by atoms with Gasteiger partial charge in [-0.05, 0) is 36.2 Å². The minimum atomic E-state index is -0.339. The van der Waals surface area contributed by atoms with Crippen LogP contribution in [0.2, 0.25) is 0 Å². The molecule has 24 heavy (non-hydrogen) atoms. The van der Waals surface area contributed by atoms with Crippen LogP contribution in [-0.4, -0.2) is 39.4 Å². The fraction of sp³-hybridized carbons (Fsp3) is 0.368. The standard InChI is InChI=1S/C19H21N3OS/c1-13-20-21-19(24-13)12-22-9-8-17(18(23)11-22)16-7-6-14-4-2-3-5-15(14)10-16/h2-7,10,17-18,23H,8-9,11-12H2,1H3. The van der Waals surface area contributed by atoms with Crippen LogP contribution in [0, 0.1) is 6.92 Å². The van der Waals surface area contributed by atoms with Crippen molar-refractivity contribution in [3.05, 3.63) is 58.0 Å². The Balaban J connectivity index is 1.47. The van der Waals surface area contributed by atoms with Crippen LogP contribution in [0.4, 0.5) is 0 Å². The molecular weight excluding hydrogens is 318 g/mol. The molecular formula is C19H21N3OS. The summed E-state index contributed by atoms with van der Waals surface area (Å²) in [6.45, 7) is 4.43. The van der Waals surface area contributed by atoms with E-state index in [9.17, 15) is 5.11 Å². The molecule has 0 amide bonds. The maximum Gasteiger partial charge on any atom is 0.131 e. The maximum atomic E-state index is 10.7. The van der Waals surface area contributed by atoms with Gasteiger partial charge in [0.15, 0.2) is 0 Å². The Morgan fingerprint density at radius 3 is 2.75 bits per heavy atom. The van der Waals surface area contributed by atoms with Crippen LogP contribution >= 0.6 is 11.3 Å². The maximum absolute atomic E-state index is 10.7. The predicted molar refractivity (Wildman–Crippen MR) is 97.2 cm³/mol. The summed E-state index contributed by atoms with van der Waals surface area (Å²) in [5.41, 5.74) is 1.24. The highest BCUT2D eigenvalue weighted by molar-refractivity contribution is 7.11. The van der Waals surface area contributed by atoms with Crippen LogP contribution in [-0.2, 0) is 6.54 Å². The van der Waals surface area contributed by atoms with Crippen molar-refractivity contribution in [3.63, 3.8) is 0 Å². The number of piperidine rings is 1. The molecule has 2 unspecified atom stereocenters. The summed E-state index contributed by atoms with van der Waals surface area (Å²) in [6.07, 6.45) is 0.631. The first-order chi connectivity index (χ1) is 11.7. The van der Waals surface area contributed by atoms with E-state index < -0.39 is 0 Å². The summed E-state index contributed by atoms with van der Waals surface area (Å²) < 4.78 is 0. The first-order valence-corrected chi connectivity index (χ1v) is 9.19. The average Bonchev–Trinajstić information content (AvgIpc) is 2.99. The fourth-order valence-electron chi connectivity index (χ4n) is 3.56. The largest absolute Gasteiger partial charge is 0.391 e. The Morgan fingerprint density at radius 2 is 2.00 bits per heavy atom.